The Hall–Kier alpha value is -1.35. The number of hydrogen-bond acceptors (Lipinski definition) is 2. The van der Waals surface area contributed by atoms with Crippen molar-refractivity contribution in [3.05, 3.63) is 34.9 Å². The number of hydrogen-bond donors (Lipinski definition) is 0. The summed E-state index contributed by atoms with van der Waals surface area (Å²) in [5, 5.41) is 0. The fourth-order valence-corrected chi connectivity index (χ4v) is 3.17. The van der Waals surface area contributed by atoms with Crippen LogP contribution >= 0.6 is 0 Å². The van der Waals surface area contributed by atoms with E-state index in [2.05, 4.69) is 29.0 Å². The second-order valence-corrected chi connectivity index (χ2v) is 5.58. The molecule has 0 N–H and O–H groups in total. The first kappa shape index (κ1) is 11.7. The molecule has 0 unspecified atom stereocenters. The largest absolute Gasteiger partial charge is 0.331 e. The molecule has 0 saturated carbocycles. The zero-order valence-corrected chi connectivity index (χ0v) is 11.1. The van der Waals surface area contributed by atoms with E-state index in [1.807, 2.05) is 13.0 Å². The molecule has 2 aliphatic rings. The molecular formula is C15H20N2O. The Labute approximate surface area is 108 Å². The second-order valence-electron chi connectivity index (χ2n) is 5.58. The van der Waals surface area contributed by atoms with Crippen LogP contribution in [-0.2, 0) is 6.54 Å². The monoisotopic (exact) mass is 244 g/mol. The summed E-state index contributed by atoms with van der Waals surface area (Å²) in [6.07, 6.45) is 2.21. The van der Waals surface area contributed by atoms with E-state index in [0.29, 0.717) is 6.04 Å². The molecule has 2 heterocycles. The highest BCUT2D eigenvalue weighted by Crippen LogP contribution is 2.30. The van der Waals surface area contributed by atoms with Crippen LogP contribution in [0, 0.1) is 6.92 Å². The van der Waals surface area contributed by atoms with Gasteiger partial charge in [-0.05, 0) is 51.0 Å². The van der Waals surface area contributed by atoms with Gasteiger partial charge in [0.05, 0.1) is 0 Å². The van der Waals surface area contributed by atoms with Crippen LogP contribution in [-0.4, -0.2) is 41.9 Å². The first-order valence-corrected chi connectivity index (χ1v) is 6.75. The Kier molecular flexibility index (Phi) is 2.86. The molecule has 1 aromatic rings. The van der Waals surface area contributed by atoms with E-state index in [0.717, 1.165) is 43.6 Å². The van der Waals surface area contributed by atoms with Gasteiger partial charge in [0.25, 0.3) is 5.91 Å². The summed E-state index contributed by atoms with van der Waals surface area (Å²) in [5.74, 6) is 0.248. The van der Waals surface area contributed by atoms with Gasteiger partial charge in [-0.15, -0.1) is 0 Å². The van der Waals surface area contributed by atoms with Crippen molar-refractivity contribution in [2.45, 2.75) is 32.4 Å². The molecule has 3 nitrogen and oxygen atoms in total. The minimum atomic E-state index is 0.248. The Morgan fingerprint density at radius 3 is 2.61 bits per heavy atom. The average Bonchev–Trinajstić information content (AvgIpc) is 2.69. The second kappa shape index (κ2) is 4.39. The van der Waals surface area contributed by atoms with Crippen molar-refractivity contribution in [3.8, 4) is 0 Å². The maximum Gasteiger partial charge on any atom is 0.255 e. The maximum atomic E-state index is 12.5. The standard InChI is InChI=1S/C15H20N2O/c1-11-4-3-5-12-10-17(15(18)14(11)12)13-6-8-16(2)9-7-13/h3-5,13H,6-10H2,1-2H3. The molecule has 0 atom stereocenters. The maximum absolute atomic E-state index is 12.5. The van der Waals surface area contributed by atoms with Crippen LogP contribution in [0.3, 0.4) is 0 Å². The SMILES string of the molecule is Cc1cccc2c1C(=O)N(C1CCN(C)CC1)C2. The lowest BCUT2D eigenvalue weighted by molar-refractivity contribution is 0.0616. The van der Waals surface area contributed by atoms with Crippen LogP contribution in [0.15, 0.2) is 18.2 Å². The summed E-state index contributed by atoms with van der Waals surface area (Å²) >= 11 is 0. The molecule has 3 heteroatoms. The van der Waals surface area contributed by atoms with Gasteiger partial charge in [0, 0.05) is 18.2 Å². The number of piperidine rings is 1. The number of rotatable bonds is 1. The molecule has 1 amide bonds. The van der Waals surface area contributed by atoms with Crippen molar-refractivity contribution < 1.29 is 4.79 Å². The van der Waals surface area contributed by atoms with Gasteiger partial charge in [-0.25, -0.2) is 0 Å². The van der Waals surface area contributed by atoms with Crippen molar-refractivity contribution in [3.63, 3.8) is 0 Å². The zero-order valence-electron chi connectivity index (χ0n) is 11.1. The van der Waals surface area contributed by atoms with Gasteiger partial charge in [0.15, 0.2) is 0 Å². The van der Waals surface area contributed by atoms with Crippen molar-refractivity contribution in [1.82, 2.24) is 9.80 Å². The van der Waals surface area contributed by atoms with Gasteiger partial charge in [0.2, 0.25) is 0 Å². The molecule has 1 fully saturated rings. The van der Waals surface area contributed by atoms with E-state index in [1.165, 1.54) is 5.56 Å². The number of fused-ring (bicyclic) bond motifs is 1. The van der Waals surface area contributed by atoms with Crippen LogP contribution < -0.4 is 0 Å². The number of aryl methyl sites for hydroxylation is 1. The summed E-state index contributed by atoms with van der Waals surface area (Å²) < 4.78 is 0. The lowest BCUT2D eigenvalue weighted by Crippen LogP contribution is -2.43. The van der Waals surface area contributed by atoms with E-state index in [9.17, 15) is 4.79 Å². The average molecular weight is 244 g/mol. The van der Waals surface area contributed by atoms with Gasteiger partial charge in [-0.3, -0.25) is 4.79 Å². The Balaban J connectivity index is 1.82. The molecular weight excluding hydrogens is 224 g/mol. The smallest absolute Gasteiger partial charge is 0.255 e. The highest BCUT2D eigenvalue weighted by atomic mass is 16.2. The summed E-state index contributed by atoms with van der Waals surface area (Å²) in [5.41, 5.74) is 3.28. The fraction of sp³-hybridized carbons (Fsp3) is 0.533. The topological polar surface area (TPSA) is 23.6 Å². The predicted octanol–water partition coefficient (Wildman–Crippen LogP) is 2.05. The third-order valence-electron chi connectivity index (χ3n) is 4.30. The van der Waals surface area contributed by atoms with Crippen molar-refractivity contribution in [2.24, 2.45) is 0 Å². The number of carbonyl (C=O) groups is 1. The third kappa shape index (κ3) is 1.83. The molecule has 0 radical (unpaired) electrons. The first-order valence-electron chi connectivity index (χ1n) is 6.75. The minimum absolute atomic E-state index is 0.248. The zero-order chi connectivity index (χ0) is 12.7. The molecule has 0 spiro atoms. The quantitative estimate of drug-likeness (QED) is 0.755. The normalized spacial score (nSPS) is 21.4. The lowest BCUT2D eigenvalue weighted by Gasteiger charge is -2.35. The molecule has 3 rings (SSSR count). The van der Waals surface area contributed by atoms with Gasteiger partial charge in [-0.1, -0.05) is 18.2 Å². The van der Waals surface area contributed by atoms with Gasteiger partial charge >= 0.3 is 0 Å². The Morgan fingerprint density at radius 2 is 1.94 bits per heavy atom. The first-order chi connectivity index (χ1) is 8.66. The van der Waals surface area contributed by atoms with E-state index in [-0.39, 0.29) is 5.91 Å². The molecule has 1 saturated heterocycles. The van der Waals surface area contributed by atoms with Crippen LogP contribution in [0.5, 0.6) is 0 Å². The highest BCUT2D eigenvalue weighted by molar-refractivity contribution is 5.99. The van der Waals surface area contributed by atoms with Crippen LogP contribution in [0.1, 0.15) is 34.3 Å². The van der Waals surface area contributed by atoms with E-state index >= 15 is 0 Å². The van der Waals surface area contributed by atoms with Crippen molar-refractivity contribution >= 4 is 5.91 Å². The third-order valence-corrected chi connectivity index (χ3v) is 4.30. The van der Waals surface area contributed by atoms with Gasteiger partial charge in [-0.2, -0.15) is 0 Å². The Bertz CT molecular complexity index is 475. The van der Waals surface area contributed by atoms with Crippen molar-refractivity contribution in [2.75, 3.05) is 20.1 Å². The van der Waals surface area contributed by atoms with Crippen LogP contribution in [0.2, 0.25) is 0 Å². The number of likely N-dealkylation sites (tertiary alicyclic amines) is 1. The number of benzene rings is 1. The van der Waals surface area contributed by atoms with Crippen LogP contribution in [0.25, 0.3) is 0 Å². The summed E-state index contributed by atoms with van der Waals surface area (Å²) in [6.45, 7) is 5.05. The molecule has 96 valence electrons. The summed E-state index contributed by atoms with van der Waals surface area (Å²) in [7, 11) is 2.15. The summed E-state index contributed by atoms with van der Waals surface area (Å²) in [6, 6.07) is 6.62. The van der Waals surface area contributed by atoms with E-state index in [1.54, 1.807) is 0 Å². The van der Waals surface area contributed by atoms with Crippen molar-refractivity contribution in [1.29, 1.82) is 0 Å². The van der Waals surface area contributed by atoms with Gasteiger partial charge < -0.3 is 9.80 Å². The highest BCUT2D eigenvalue weighted by Gasteiger charge is 2.34. The van der Waals surface area contributed by atoms with E-state index in [4.69, 9.17) is 0 Å². The predicted molar refractivity (Wildman–Crippen MR) is 71.6 cm³/mol. The van der Waals surface area contributed by atoms with E-state index < -0.39 is 0 Å². The number of carbonyl (C=O) groups excluding carboxylic acids is 1. The minimum Gasteiger partial charge on any atom is -0.331 e. The van der Waals surface area contributed by atoms with Gasteiger partial charge in [0.1, 0.15) is 0 Å². The molecule has 0 aromatic heterocycles. The fourth-order valence-electron chi connectivity index (χ4n) is 3.17. The number of amides is 1. The molecule has 0 aliphatic carbocycles. The summed E-state index contributed by atoms with van der Waals surface area (Å²) in [4.78, 5) is 16.9. The Morgan fingerprint density at radius 1 is 1.22 bits per heavy atom. The number of nitrogens with zero attached hydrogens (tertiary/aromatic N) is 2. The molecule has 0 bridgehead atoms. The lowest BCUT2D eigenvalue weighted by atomic mass is 10.0. The molecule has 18 heavy (non-hydrogen) atoms. The molecule has 1 aromatic carbocycles. The van der Waals surface area contributed by atoms with Crippen LogP contribution in [0.4, 0.5) is 0 Å². The molecule has 2 aliphatic heterocycles.